The van der Waals surface area contributed by atoms with E-state index in [1.807, 2.05) is 0 Å². The Morgan fingerprint density at radius 3 is 2.27 bits per heavy atom. The Morgan fingerprint density at radius 1 is 1.33 bits per heavy atom. The monoisotopic (exact) mass is 208 g/mol. The van der Waals surface area contributed by atoms with E-state index in [0.29, 0.717) is 11.3 Å². The number of imide groups is 1. The molecule has 15 heavy (non-hydrogen) atoms. The van der Waals surface area contributed by atoms with Crippen molar-refractivity contribution in [3.63, 3.8) is 0 Å². The van der Waals surface area contributed by atoms with Gasteiger partial charge in [-0.25, -0.2) is 0 Å². The van der Waals surface area contributed by atoms with Crippen molar-refractivity contribution >= 4 is 18.0 Å². The van der Waals surface area contributed by atoms with E-state index in [1.54, 1.807) is 13.8 Å². The van der Waals surface area contributed by atoms with Gasteiger partial charge < -0.3 is 0 Å². The largest absolute Gasteiger partial charge is 0.296 e. The molecule has 82 valence electrons. The van der Waals surface area contributed by atoms with Gasteiger partial charge in [0.2, 0.25) is 11.8 Å². The highest BCUT2D eigenvalue weighted by Crippen LogP contribution is 2.06. The van der Waals surface area contributed by atoms with Gasteiger partial charge in [0, 0.05) is 18.8 Å². The molecule has 1 unspecified atom stereocenters. The number of hydrogen-bond acceptors (Lipinski definition) is 3. The molecule has 0 fully saturated rings. The van der Waals surface area contributed by atoms with Gasteiger partial charge in [-0.2, -0.15) is 0 Å². The fourth-order valence-electron chi connectivity index (χ4n) is 0.755. The average molecular weight is 208 g/mol. The van der Waals surface area contributed by atoms with Crippen molar-refractivity contribution in [2.24, 2.45) is 10.9 Å². The SMILES string of the molecule is C=C(C)N=CC(=C)C(C)C(=O)NC(C)=O. The molecule has 1 atom stereocenters. The molecule has 0 aromatic heterocycles. The molecule has 2 amide bonds. The topological polar surface area (TPSA) is 58.5 Å². The number of hydrogen-bond donors (Lipinski definition) is 1. The van der Waals surface area contributed by atoms with E-state index in [4.69, 9.17) is 0 Å². The Hall–Kier alpha value is -1.71. The Morgan fingerprint density at radius 2 is 1.87 bits per heavy atom. The first kappa shape index (κ1) is 13.3. The minimum atomic E-state index is -0.475. The van der Waals surface area contributed by atoms with Crippen LogP contribution in [0.15, 0.2) is 29.4 Å². The smallest absolute Gasteiger partial charge is 0.233 e. The number of nitrogens with zero attached hydrogens (tertiary/aromatic N) is 1. The summed E-state index contributed by atoms with van der Waals surface area (Å²) < 4.78 is 0. The molecule has 0 aliphatic carbocycles. The summed E-state index contributed by atoms with van der Waals surface area (Å²) in [6.07, 6.45) is 1.48. The van der Waals surface area contributed by atoms with E-state index in [9.17, 15) is 9.59 Å². The molecule has 0 saturated heterocycles. The molecule has 0 rings (SSSR count). The van der Waals surface area contributed by atoms with Gasteiger partial charge in [0.25, 0.3) is 0 Å². The highest BCUT2D eigenvalue weighted by atomic mass is 16.2. The van der Waals surface area contributed by atoms with E-state index < -0.39 is 5.92 Å². The molecule has 0 aromatic carbocycles. The van der Waals surface area contributed by atoms with Gasteiger partial charge in [-0.15, -0.1) is 0 Å². The number of nitrogens with one attached hydrogen (secondary N) is 1. The van der Waals surface area contributed by atoms with Crippen LogP contribution >= 0.6 is 0 Å². The van der Waals surface area contributed by atoms with Crippen molar-refractivity contribution < 1.29 is 9.59 Å². The van der Waals surface area contributed by atoms with E-state index in [-0.39, 0.29) is 11.8 Å². The number of amides is 2. The lowest BCUT2D eigenvalue weighted by Gasteiger charge is -2.09. The predicted molar refractivity (Wildman–Crippen MR) is 60.4 cm³/mol. The summed E-state index contributed by atoms with van der Waals surface area (Å²) >= 11 is 0. The van der Waals surface area contributed by atoms with E-state index >= 15 is 0 Å². The van der Waals surface area contributed by atoms with Crippen LogP contribution in [0, 0.1) is 5.92 Å². The molecule has 0 aliphatic rings. The molecule has 0 spiro atoms. The second-order valence-electron chi connectivity index (χ2n) is 3.34. The van der Waals surface area contributed by atoms with Gasteiger partial charge >= 0.3 is 0 Å². The normalized spacial score (nSPS) is 12.2. The van der Waals surface area contributed by atoms with Crippen LogP contribution in [0.3, 0.4) is 0 Å². The molecule has 0 saturated carbocycles. The second kappa shape index (κ2) is 5.90. The molecule has 0 heterocycles. The Labute approximate surface area is 89.8 Å². The maximum absolute atomic E-state index is 11.4. The minimum absolute atomic E-state index is 0.374. The molecule has 4 heteroatoms. The Balaban J connectivity index is 4.38. The van der Waals surface area contributed by atoms with Crippen molar-refractivity contribution in [3.8, 4) is 0 Å². The van der Waals surface area contributed by atoms with Crippen molar-refractivity contribution in [1.29, 1.82) is 0 Å². The van der Waals surface area contributed by atoms with Crippen LogP contribution in [0.4, 0.5) is 0 Å². The number of aliphatic imine (C=N–C) groups is 1. The van der Waals surface area contributed by atoms with Crippen LogP contribution in [0.2, 0.25) is 0 Å². The quantitative estimate of drug-likeness (QED) is 0.711. The number of carbonyl (C=O) groups is 2. The summed E-state index contributed by atoms with van der Waals surface area (Å²) in [6.45, 7) is 12.0. The zero-order valence-electron chi connectivity index (χ0n) is 9.33. The first-order valence-corrected chi connectivity index (χ1v) is 4.54. The third-order valence-electron chi connectivity index (χ3n) is 1.70. The molecular formula is C11H16N2O2. The lowest BCUT2D eigenvalue weighted by molar-refractivity contribution is -0.130. The summed E-state index contributed by atoms with van der Waals surface area (Å²) in [7, 11) is 0. The van der Waals surface area contributed by atoms with Crippen molar-refractivity contribution in [2.75, 3.05) is 0 Å². The van der Waals surface area contributed by atoms with Crippen molar-refractivity contribution in [2.45, 2.75) is 20.8 Å². The zero-order valence-corrected chi connectivity index (χ0v) is 9.33. The van der Waals surface area contributed by atoms with Gasteiger partial charge in [0.05, 0.1) is 5.92 Å². The number of allylic oxidation sites excluding steroid dienone is 1. The highest BCUT2D eigenvalue weighted by Gasteiger charge is 2.15. The summed E-state index contributed by atoms with van der Waals surface area (Å²) in [5.74, 6) is -1.23. The van der Waals surface area contributed by atoms with Gasteiger partial charge in [-0.3, -0.25) is 19.9 Å². The van der Waals surface area contributed by atoms with Gasteiger partial charge in [-0.1, -0.05) is 13.2 Å². The molecule has 0 aliphatic heterocycles. The standard InChI is InChI=1S/C11H16N2O2/c1-7(2)12-6-8(3)9(4)11(15)13-10(5)14/h6,9H,1,3H2,2,4-5H3,(H,13,14,15). The van der Waals surface area contributed by atoms with Crippen LogP contribution in [0.1, 0.15) is 20.8 Å². The predicted octanol–water partition coefficient (Wildman–Crippen LogP) is 1.45. The van der Waals surface area contributed by atoms with E-state index in [0.717, 1.165) is 0 Å². The third kappa shape index (κ3) is 5.57. The van der Waals surface area contributed by atoms with Crippen LogP contribution in [0.5, 0.6) is 0 Å². The summed E-state index contributed by atoms with van der Waals surface area (Å²) in [4.78, 5) is 25.9. The maximum Gasteiger partial charge on any atom is 0.233 e. The summed E-state index contributed by atoms with van der Waals surface area (Å²) in [5, 5.41) is 2.19. The third-order valence-corrected chi connectivity index (χ3v) is 1.70. The van der Waals surface area contributed by atoms with Crippen LogP contribution in [0.25, 0.3) is 0 Å². The minimum Gasteiger partial charge on any atom is -0.296 e. The molecule has 1 N–H and O–H groups in total. The van der Waals surface area contributed by atoms with Crippen LogP contribution in [-0.4, -0.2) is 18.0 Å². The van der Waals surface area contributed by atoms with Gasteiger partial charge in [0.15, 0.2) is 0 Å². The first-order chi connectivity index (χ1) is 6.84. The molecule has 0 bridgehead atoms. The highest BCUT2D eigenvalue weighted by molar-refractivity contribution is 5.99. The average Bonchev–Trinajstić information content (AvgIpc) is 2.11. The van der Waals surface area contributed by atoms with Gasteiger partial charge in [-0.05, 0) is 19.4 Å². The molecule has 4 nitrogen and oxygen atoms in total. The molecular weight excluding hydrogens is 192 g/mol. The zero-order chi connectivity index (χ0) is 12.0. The first-order valence-electron chi connectivity index (χ1n) is 4.54. The van der Waals surface area contributed by atoms with Crippen molar-refractivity contribution in [1.82, 2.24) is 5.32 Å². The molecule has 0 radical (unpaired) electrons. The fraction of sp³-hybridized carbons (Fsp3) is 0.364. The lowest BCUT2D eigenvalue weighted by atomic mass is 10.0. The second-order valence-corrected chi connectivity index (χ2v) is 3.34. The van der Waals surface area contributed by atoms with Crippen LogP contribution < -0.4 is 5.32 Å². The lowest BCUT2D eigenvalue weighted by Crippen LogP contribution is -2.33. The summed E-state index contributed by atoms with van der Waals surface area (Å²) in [6, 6.07) is 0. The summed E-state index contributed by atoms with van der Waals surface area (Å²) in [5.41, 5.74) is 1.17. The van der Waals surface area contributed by atoms with Crippen molar-refractivity contribution in [3.05, 3.63) is 24.4 Å². The molecule has 0 aromatic rings. The fourth-order valence-corrected chi connectivity index (χ4v) is 0.755. The van der Waals surface area contributed by atoms with E-state index in [2.05, 4.69) is 23.5 Å². The Kier molecular flexibility index (Phi) is 5.23. The van der Waals surface area contributed by atoms with Crippen LogP contribution in [-0.2, 0) is 9.59 Å². The number of carbonyl (C=O) groups excluding carboxylic acids is 2. The maximum atomic E-state index is 11.4. The van der Waals surface area contributed by atoms with E-state index in [1.165, 1.54) is 13.1 Å². The Bertz CT molecular complexity index is 329. The van der Waals surface area contributed by atoms with Gasteiger partial charge in [0.1, 0.15) is 0 Å². The number of rotatable bonds is 4.